The van der Waals surface area contributed by atoms with Gasteiger partial charge in [-0.15, -0.1) is 11.3 Å². The van der Waals surface area contributed by atoms with Gasteiger partial charge in [0.25, 0.3) is 0 Å². The number of thiophene rings is 1. The minimum atomic E-state index is 0.183. The Morgan fingerprint density at radius 2 is 1.23 bits per heavy atom. The summed E-state index contributed by atoms with van der Waals surface area (Å²) in [4.78, 5) is 2.87. The van der Waals surface area contributed by atoms with Crippen LogP contribution in [0.2, 0.25) is 0 Å². The molecule has 3 heteroatoms. The largest absolute Gasteiger partial charge is 0.485 e. The molecular weight excluding hydrogens is 340 g/mol. The van der Waals surface area contributed by atoms with Gasteiger partial charge in [-0.3, -0.25) is 0 Å². The Labute approximate surface area is 165 Å². The van der Waals surface area contributed by atoms with E-state index < -0.39 is 0 Å². The van der Waals surface area contributed by atoms with E-state index in [4.69, 9.17) is 9.47 Å². The van der Waals surface area contributed by atoms with Crippen molar-refractivity contribution in [1.29, 1.82) is 0 Å². The number of hydrogen-bond acceptors (Lipinski definition) is 3. The lowest BCUT2D eigenvalue weighted by molar-refractivity contribution is 0.103. The van der Waals surface area contributed by atoms with Crippen LogP contribution in [0.3, 0.4) is 0 Å². The lowest BCUT2D eigenvalue weighted by Crippen LogP contribution is -2.25. The molecule has 0 aliphatic carbocycles. The molecule has 1 atom stereocenters. The van der Waals surface area contributed by atoms with Gasteiger partial charge in [-0.1, -0.05) is 78.1 Å². The van der Waals surface area contributed by atoms with Crippen LogP contribution in [0.25, 0.3) is 0 Å². The van der Waals surface area contributed by atoms with Crippen LogP contribution >= 0.6 is 11.3 Å². The summed E-state index contributed by atoms with van der Waals surface area (Å²) in [6.45, 7) is 7.37. The van der Waals surface area contributed by atoms with Gasteiger partial charge in [0.1, 0.15) is 12.7 Å². The average molecular weight is 381 g/mol. The standard InChI is InChI=1S/C23H40O2S/c1-4-6-8-10-12-14-16-20-22-23(25-19(3)18-24-22)21(26-20)17-15-13-11-9-7-5-2/h19H,4-18H2,1-3H3. The van der Waals surface area contributed by atoms with Crippen molar-refractivity contribution in [2.75, 3.05) is 6.61 Å². The van der Waals surface area contributed by atoms with E-state index in [0.29, 0.717) is 6.61 Å². The second-order valence-electron chi connectivity index (χ2n) is 7.88. The molecule has 2 nitrogen and oxygen atoms in total. The van der Waals surface area contributed by atoms with Gasteiger partial charge in [0.05, 0.1) is 9.75 Å². The van der Waals surface area contributed by atoms with Crippen LogP contribution in [0.4, 0.5) is 0 Å². The van der Waals surface area contributed by atoms with Crippen LogP contribution in [-0.2, 0) is 12.8 Å². The van der Waals surface area contributed by atoms with Crippen LogP contribution in [0.5, 0.6) is 11.5 Å². The smallest absolute Gasteiger partial charge is 0.175 e. The van der Waals surface area contributed by atoms with Gasteiger partial charge in [-0.05, 0) is 32.6 Å². The summed E-state index contributed by atoms with van der Waals surface area (Å²) in [6, 6.07) is 0. The second kappa shape index (κ2) is 12.6. The Bertz CT molecular complexity index is 495. The first-order valence-electron chi connectivity index (χ1n) is 11.2. The molecule has 0 spiro atoms. The highest BCUT2D eigenvalue weighted by molar-refractivity contribution is 7.12. The molecule has 1 aliphatic heterocycles. The van der Waals surface area contributed by atoms with E-state index >= 15 is 0 Å². The molecule has 2 heterocycles. The first kappa shape index (κ1) is 21.6. The zero-order valence-corrected chi connectivity index (χ0v) is 18.2. The van der Waals surface area contributed by atoms with Crippen LogP contribution in [0.1, 0.15) is 108 Å². The molecule has 1 aliphatic rings. The molecule has 1 aromatic heterocycles. The van der Waals surface area contributed by atoms with Crippen molar-refractivity contribution in [3.63, 3.8) is 0 Å². The maximum Gasteiger partial charge on any atom is 0.175 e. The molecule has 0 bridgehead atoms. The number of unbranched alkanes of at least 4 members (excludes halogenated alkanes) is 10. The van der Waals surface area contributed by atoms with E-state index in [1.54, 1.807) is 0 Å². The fourth-order valence-corrected chi connectivity index (χ4v) is 4.92. The lowest BCUT2D eigenvalue weighted by Gasteiger charge is -2.23. The van der Waals surface area contributed by atoms with Gasteiger partial charge in [0, 0.05) is 0 Å². The highest BCUT2D eigenvalue weighted by Crippen LogP contribution is 2.46. The van der Waals surface area contributed by atoms with Gasteiger partial charge < -0.3 is 9.47 Å². The highest BCUT2D eigenvalue weighted by Gasteiger charge is 2.26. The number of fused-ring (bicyclic) bond motifs is 1. The van der Waals surface area contributed by atoms with Crippen molar-refractivity contribution in [3.8, 4) is 11.5 Å². The molecule has 0 saturated carbocycles. The van der Waals surface area contributed by atoms with Crippen LogP contribution in [-0.4, -0.2) is 12.7 Å². The van der Waals surface area contributed by atoms with Gasteiger partial charge in [0.2, 0.25) is 0 Å². The van der Waals surface area contributed by atoms with Crippen molar-refractivity contribution in [3.05, 3.63) is 9.75 Å². The molecule has 150 valence electrons. The highest BCUT2D eigenvalue weighted by atomic mass is 32.1. The summed E-state index contributed by atoms with van der Waals surface area (Å²) < 4.78 is 12.3. The molecule has 0 saturated heterocycles. The topological polar surface area (TPSA) is 18.5 Å². The van der Waals surface area contributed by atoms with Crippen LogP contribution in [0.15, 0.2) is 0 Å². The molecule has 2 rings (SSSR count). The fourth-order valence-electron chi connectivity index (χ4n) is 3.66. The Balaban J connectivity index is 1.84. The summed E-state index contributed by atoms with van der Waals surface area (Å²) in [5.74, 6) is 2.17. The molecule has 1 unspecified atom stereocenters. The summed E-state index contributed by atoms with van der Waals surface area (Å²) >= 11 is 1.96. The molecule has 26 heavy (non-hydrogen) atoms. The van der Waals surface area contributed by atoms with Gasteiger partial charge in [0.15, 0.2) is 11.5 Å². The average Bonchev–Trinajstić information content (AvgIpc) is 2.98. The van der Waals surface area contributed by atoms with E-state index in [-0.39, 0.29) is 6.10 Å². The zero-order chi connectivity index (χ0) is 18.6. The fraction of sp³-hybridized carbons (Fsp3) is 0.826. The van der Waals surface area contributed by atoms with E-state index in [1.165, 1.54) is 86.8 Å². The number of hydrogen-bond donors (Lipinski definition) is 0. The minimum Gasteiger partial charge on any atom is -0.485 e. The molecule has 0 aromatic carbocycles. The van der Waals surface area contributed by atoms with E-state index in [9.17, 15) is 0 Å². The van der Waals surface area contributed by atoms with Gasteiger partial charge in [-0.25, -0.2) is 0 Å². The summed E-state index contributed by atoms with van der Waals surface area (Å²) in [5, 5.41) is 0. The van der Waals surface area contributed by atoms with Gasteiger partial charge in [-0.2, -0.15) is 0 Å². The normalized spacial score (nSPS) is 16.2. The maximum absolute atomic E-state index is 6.18. The van der Waals surface area contributed by atoms with Crippen molar-refractivity contribution < 1.29 is 9.47 Å². The Hall–Kier alpha value is -0.700. The monoisotopic (exact) mass is 380 g/mol. The number of aryl methyl sites for hydroxylation is 2. The van der Waals surface area contributed by atoms with Crippen LogP contribution in [0, 0.1) is 0 Å². The second-order valence-corrected chi connectivity index (χ2v) is 9.07. The van der Waals surface area contributed by atoms with Crippen molar-refractivity contribution in [1.82, 2.24) is 0 Å². The lowest BCUT2D eigenvalue weighted by atomic mass is 10.1. The van der Waals surface area contributed by atoms with E-state index in [2.05, 4.69) is 20.8 Å². The third kappa shape index (κ3) is 7.13. The SMILES string of the molecule is CCCCCCCCc1sc(CCCCCCCC)c2c1OCC(C)O2. The number of rotatable bonds is 14. The summed E-state index contributed by atoms with van der Waals surface area (Å²) in [7, 11) is 0. The van der Waals surface area contributed by atoms with Crippen LogP contribution < -0.4 is 9.47 Å². The number of ether oxygens (including phenoxy) is 2. The Kier molecular flexibility index (Phi) is 10.5. The van der Waals surface area contributed by atoms with E-state index in [1.807, 2.05) is 11.3 Å². The first-order valence-corrected chi connectivity index (χ1v) is 12.0. The molecule has 0 N–H and O–H groups in total. The third-order valence-electron chi connectivity index (χ3n) is 5.26. The predicted molar refractivity (Wildman–Crippen MR) is 114 cm³/mol. The molecular formula is C23H40O2S. The van der Waals surface area contributed by atoms with Crippen molar-refractivity contribution in [2.24, 2.45) is 0 Å². The summed E-state index contributed by atoms with van der Waals surface area (Å²) in [6.07, 6.45) is 18.7. The first-order chi connectivity index (χ1) is 12.8. The molecule has 0 amide bonds. The molecule has 1 aromatic rings. The third-order valence-corrected chi connectivity index (χ3v) is 6.53. The summed E-state index contributed by atoms with van der Waals surface area (Å²) in [5.41, 5.74) is 0. The van der Waals surface area contributed by atoms with Crippen molar-refractivity contribution in [2.45, 2.75) is 117 Å². The van der Waals surface area contributed by atoms with E-state index in [0.717, 1.165) is 24.3 Å². The quantitative estimate of drug-likeness (QED) is 0.308. The molecule has 0 radical (unpaired) electrons. The maximum atomic E-state index is 6.18. The van der Waals surface area contributed by atoms with Crippen molar-refractivity contribution >= 4 is 11.3 Å². The molecule has 0 fully saturated rings. The Morgan fingerprint density at radius 1 is 0.731 bits per heavy atom. The predicted octanol–water partition coefficient (Wildman–Crippen LogP) is 7.71. The Morgan fingerprint density at radius 3 is 1.81 bits per heavy atom. The zero-order valence-electron chi connectivity index (χ0n) is 17.4. The minimum absolute atomic E-state index is 0.183. The van der Waals surface area contributed by atoms with Gasteiger partial charge >= 0.3 is 0 Å².